The molecule has 28 heavy (non-hydrogen) atoms. The largest absolute Gasteiger partial charge is 0.464 e. The van der Waals surface area contributed by atoms with Crippen molar-refractivity contribution in [2.24, 2.45) is 0 Å². The molecule has 10 heteroatoms. The Morgan fingerprint density at radius 1 is 0.857 bits per heavy atom. The lowest BCUT2D eigenvalue weighted by Crippen LogP contribution is -2.44. The van der Waals surface area contributed by atoms with Gasteiger partial charge < -0.3 is 20.1 Å². The van der Waals surface area contributed by atoms with Crippen LogP contribution in [0.5, 0.6) is 0 Å². The van der Waals surface area contributed by atoms with Crippen molar-refractivity contribution in [3.05, 3.63) is 24.4 Å². The van der Waals surface area contributed by atoms with Gasteiger partial charge in [0, 0.05) is 24.0 Å². The molecule has 2 unspecified atom stereocenters. The highest BCUT2D eigenvalue weighted by molar-refractivity contribution is 8.76. The second-order valence-corrected chi connectivity index (χ2v) is 8.16. The fourth-order valence-corrected chi connectivity index (χ4v) is 3.95. The molecule has 0 saturated heterocycles. The van der Waals surface area contributed by atoms with Crippen molar-refractivity contribution in [1.29, 1.82) is 0 Å². The molecule has 2 atom stereocenters. The molecule has 8 nitrogen and oxygen atoms in total. The van der Waals surface area contributed by atoms with Gasteiger partial charge in [-0.25, -0.2) is 9.59 Å². The van der Waals surface area contributed by atoms with Crippen LogP contribution in [-0.2, 0) is 28.7 Å². The number of hydrogen-bond donors (Lipinski definition) is 2. The molecule has 0 heterocycles. The minimum atomic E-state index is -0.845. The molecular weight excluding hydrogens is 404 g/mol. The second kappa shape index (κ2) is 14.1. The summed E-state index contributed by atoms with van der Waals surface area (Å²) >= 11 is 0. The average Bonchev–Trinajstić information content (AvgIpc) is 2.62. The molecule has 0 aromatic heterocycles. The van der Waals surface area contributed by atoms with Gasteiger partial charge in [0.15, 0.2) is 5.78 Å². The fraction of sp³-hybridized carbons (Fsp3) is 0.556. The molecule has 2 N–H and O–H groups in total. The fourth-order valence-electron chi connectivity index (χ4n) is 1.65. The zero-order valence-electron chi connectivity index (χ0n) is 16.7. The molecule has 0 spiro atoms. The van der Waals surface area contributed by atoms with E-state index >= 15 is 0 Å². The Morgan fingerprint density at radius 2 is 1.29 bits per heavy atom. The maximum Gasteiger partial charge on any atom is 0.329 e. The Bertz CT molecular complexity index is 557. The molecule has 0 radical (unpaired) electrons. The Morgan fingerprint density at radius 3 is 1.64 bits per heavy atom. The van der Waals surface area contributed by atoms with Crippen LogP contribution in [0, 0.1) is 0 Å². The third-order valence-corrected chi connectivity index (χ3v) is 5.58. The second-order valence-electron chi connectivity index (χ2n) is 5.61. The number of rotatable bonds is 14. The van der Waals surface area contributed by atoms with Gasteiger partial charge in [-0.05, 0) is 20.8 Å². The van der Waals surface area contributed by atoms with Crippen LogP contribution in [-0.4, -0.2) is 60.4 Å². The molecule has 0 aromatic carbocycles. The van der Waals surface area contributed by atoms with Crippen LogP contribution in [0.25, 0.3) is 0 Å². The maximum absolute atomic E-state index is 12.0. The number of ether oxygens (including phenoxy) is 2. The first kappa shape index (κ1) is 26.1. The quantitative estimate of drug-likeness (QED) is 0.183. The first-order valence-corrected chi connectivity index (χ1v) is 11.1. The van der Waals surface area contributed by atoms with Crippen LogP contribution >= 0.6 is 21.6 Å². The first-order chi connectivity index (χ1) is 13.1. The van der Waals surface area contributed by atoms with Crippen LogP contribution in [0.15, 0.2) is 24.4 Å². The third kappa shape index (κ3) is 10.4. The Kier molecular flexibility index (Phi) is 13.1. The van der Waals surface area contributed by atoms with Crippen molar-refractivity contribution in [2.75, 3.05) is 24.7 Å². The van der Waals surface area contributed by atoms with Crippen molar-refractivity contribution < 1.29 is 28.7 Å². The van der Waals surface area contributed by atoms with Gasteiger partial charge in [-0.2, -0.15) is 0 Å². The SMILES string of the molecule is C=C(C)C(=O)NC(CSSCC(NC(=C)C(C)=O)C(=O)OCC)C(=O)OCC. The zero-order chi connectivity index (χ0) is 21.7. The van der Waals surface area contributed by atoms with Crippen LogP contribution < -0.4 is 10.6 Å². The molecule has 158 valence electrons. The van der Waals surface area contributed by atoms with Gasteiger partial charge >= 0.3 is 11.9 Å². The average molecular weight is 433 g/mol. The highest BCUT2D eigenvalue weighted by Crippen LogP contribution is 2.24. The van der Waals surface area contributed by atoms with E-state index < -0.39 is 29.9 Å². The summed E-state index contributed by atoms with van der Waals surface area (Å²) in [6.45, 7) is 13.8. The van der Waals surface area contributed by atoms with Gasteiger partial charge in [0.25, 0.3) is 0 Å². The first-order valence-electron chi connectivity index (χ1n) is 8.64. The highest BCUT2D eigenvalue weighted by atomic mass is 33.1. The van der Waals surface area contributed by atoms with E-state index in [2.05, 4.69) is 23.8 Å². The van der Waals surface area contributed by atoms with Crippen molar-refractivity contribution in [1.82, 2.24) is 10.6 Å². The van der Waals surface area contributed by atoms with Crippen molar-refractivity contribution in [3.63, 3.8) is 0 Å². The van der Waals surface area contributed by atoms with Crippen molar-refractivity contribution >= 4 is 45.2 Å². The molecule has 0 fully saturated rings. The number of allylic oxidation sites excluding steroid dienone is 1. The summed E-state index contributed by atoms with van der Waals surface area (Å²) in [4.78, 5) is 47.2. The number of Topliss-reactive ketones (excluding diaryl/α,β-unsaturated/α-hetero) is 1. The van der Waals surface area contributed by atoms with E-state index in [9.17, 15) is 19.2 Å². The lowest BCUT2D eigenvalue weighted by Gasteiger charge is -2.19. The van der Waals surface area contributed by atoms with E-state index in [1.54, 1.807) is 13.8 Å². The molecule has 0 aliphatic rings. The van der Waals surface area contributed by atoms with Gasteiger partial charge in [0.05, 0.1) is 18.9 Å². The van der Waals surface area contributed by atoms with E-state index in [1.807, 2.05) is 0 Å². The van der Waals surface area contributed by atoms with Crippen LogP contribution in [0.1, 0.15) is 27.7 Å². The lowest BCUT2D eigenvalue weighted by molar-refractivity contribution is -0.146. The molecule has 0 rings (SSSR count). The summed E-state index contributed by atoms with van der Waals surface area (Å²) < 4.78 is 9.97. The van der Waals surface area contributed by atoms with Crippen LogP contribution in [0.3, 0.4) is 0 Å². The minimum absolute atomic E-state index is 0.113. The number of carbonyl (C=O) groups is 4. The predicted octanol–water partition coefficient (Wildman–Crippen LogP) is 1.62. The minimum Gasteiger partial charge on any atom is -0.464 e. The van der Waals surface area contributed by atoms with E-state index in [1.165, 1.54) is 35.4 Å². The van der Waals surface area contributed by atoms with E-state index in [-0.39, 0.29) is 41.8 Å². The summed E-state index contributed by atoms with van der Waals surface area (Å²) in [5.74, 6) is -1.28. The summed E-state index contributed by atoms with van der Waals surface area (Å²) in [5, 5.41) is 5.32. The van der Waals surface area contributed by atoms with E-state index in [0.717, 1.165) is 0 Å². The normalized spacial score (nSPS) is 12.3. The van der Waals surface area contributed by atoms with Gasteiger partial charge in [-0.3, -0.25) is 9.59 Å². The van der Waals surface area contributed by atoms with E-state index in [4.69, 9.17) is 9.47 Å². The molecule has 0 aliphatic carbocycles. The summed E-state index contributed by atoms with van der Waals surface area (Å²) in [6.07, 6.45) is 0. The number of ketones is 1. The molecule has 0 aromatic rings. The van der Waals surface area contributed by atoms with Crippen molar-refractivity contribution in [2.45, 2.75) is 39.8 Å². The predicted molar refractivity (Wildman–Crippen MR) is 112 cm³/mol. The highest BCUT2D eigenvalue weighted by Gasteiger charge is 2.24. The van der Waals surface area contributed by atoms with Gasteiger partial charge in [0.2, 0.25) is 5.91 Å². The smallest absolute Gasteiger partial charge is 0.329 e. The molecule has 0 saturated carbocycles. The molecule has 0 aliphatic heterocycles. The Balaban J connectivity index is 4.79. The monoisotopic (exact) mass is 432 g/mol. The number of carbonyl (C=O) groups excluding carboxylic acids is 4. The summed E-state index contributed by atoms with van der Waals surface area (Å²) in [5.41, 5.74) is 0.392. The number of hydrogen-bond acceptors (Lipinski definition) is 9. The van der Waals surface area contributed by atoms with E-state index in [0.29, 0.717) is 0 Å². The maximum atomic E-state index is 12.0. The van der Waals surface area contributed by atoms with Crippen LogP contribution in [0.4, 0.5) is 0 Å². The topological polar surface area (TPSA) is 111 Å². The lowest BCUT2D eigenvalue weighted by atomic mass is 10.3. The van der Waals surface area contributed by atoms with Gasteiger partial charge in [0.1, 0.15) is 12.1 Å². The number of esters is 2. The van der Waals surface area contributed by atoms with Gasteiger partial charge in [-0.1, -0.05) is 34.7 Å². The van der Waals surface area contributed by atoms with Crippen LogP contribution in [0.2, 0.25) is 0 Å². The third-order valence-electron chi connectivity index (χ3n) is 3.16. The van der Waals surface area contributed by atoms with Gasteiger partial charge in [-0.15, -0.1) is 0 Å². The summed E-state index contributed by atoms with van der Waals surface area (Å²) in [7, 11) is 2.57. The Labute approximate surface area is 173 Å². The number of amides is 1. The molecule has 1 amide bonds. The standard InChI is InChI=1S/C18H28N2O6S2/c1-7-25-17(23)14(19-12(5)13(6)21)9-27-28-10-15(18(24)26-8-2)20-16(22)11(3)4/h14-15,19H,3,5,7-10H2,1-2,4,6H3,(H,20,22). The molecular formula is C18H28N2O6S2. The summed E-state index contributed by atoms with van der Waals surface area (Å²) in [6, 6.07) is -1.61. The number of nitrogens with one attached hydrogen (secondary N) is 2. The van der Waals surface area contributed by atoms with Crippen molar-refractivity contribution in [3.8, 4) is 0 Å². The Hall–Kier alpha value is -1.94. The molecule has 0 bridgehead atoms. The zero-order valence-corrected chi connectivity index (χ0v) is 18.3.